The molecule has 0 aliphatic carbocycles. The molecule has 1 aromatic carbocycles. The Morgan fingerprint density at radius 1 is 1.31 bits per heavy atom. The molecule has 1 fully saturated rings. The maximum Gasteiger partial charge on any atom is 0.191 e. The zero-order chi connectivity index (χ0) is 18.6. The molecule has 5 heteroatoms. The second-order valence-electron chi connectivity index (χ2n) is 6.88. The smallest absolute Gasteiger partial charge is 0.191 e. The number of guanidine groups is 1. The third-order valence-electron chi connectivity index (χ3n) is 4.68. The highest BCUT2D eigenvalue weighted by Crippen LogP contribution is 2.14. The van der Waals surface area contributed by atoms with Gasteiger partial charge in [-0.1, -0.05) is 31.2 Å². The predicted octanol–water partition coefficient (Wildman–Crippen LogP) is 3.31. The Morgan fingerprint density at radius 3 is 2.77 bits per heavy atom. The Kier molecular flexibility index (Phi) is 9.50. The minimum Gasteiger partial charge on any atom is -0.381 e. The van der Waals surface area contributed by atoms with Crippen molar-refractivity contribution in [3.8, 4) is 0 Å². The van der Waals surface area contributed by atoms with Crippen LogP contribution in [0.15, 0.2) is 29.3 Å². The molecule has 2 N–H and O–H groups in total. The molecular formula is C21H35N3O2. The van der Waals surface area contributed by atoms with Gasteiger partial charge in [0, 0.05) is 32.2 Å². The molecule has 0 saturated carbocycles. The van der Waals surface area contributed by atoms with Crippen LogP contribution in [0.25, 0.3) is 0 Å². The molecule has 1 aromatic rings. The van der Waals surface area contributed by atoms with Crippen molar-refractivity contribution in [1.82, 2.24) is 10.6 Å². The Balaban J connectivity index is 1.72. The van der Waals surface area contributed by atoms with Crippen LogP contribution in [0.2, 0.25) is 0 Å². The molecule has 0 amide bonds. The second-order valence-corrected chi connectivity index (χ2v) is 6.88. The van der Waals surface area contributed by atoms with Crippen molar-refractivity contribution in [2.24, 2.45) is 10.9 Å². The molecule has 1 heterocycles. The van der Waals surface area contributed by atoms with Crippen LogP contribution in [-0.4, -0.2) is 45.5 Å². The SMILES string of the molecule is CCNC(=NCCCOCC1CCOC1)NC(C)c1ccc(CC)cc1. The van der Waals surface area contributed by atoms with E-state index in [-0.39, 0.29) is 6.04 Å². The van der Waals surface area contributed by atoms with Crippen LogP contribution in [0, 0.1) is 5.92 Å². The normalized spacial score (nSPS) is 18.7. The summed E-state index contributed by atoms with van der Waals surface area (Å²) in [4.78, 5) is 4.67. The average Bonchev–Trinajstić information content (AvgIpc) is 3.18. The summed E-state index contributed by atoms with van der Waals surface area (Å²) in [7, 11) is 0. The molecule has 26 heavy (non-hydrogen) atoms. The molecule has 0 spiro atoms. The number of nitrogens with zero attached hydrogens (tertiary/aromatic N) is 1. The molecular weight excluding hydrogens is 326 g/mol. The lowest BCUT2D eigenvalue weighted by Gasteiger charge is -2.18. The van der Waals surface area contributed by atoms with E-state index in [2.05, 4.69) is 60.7 Å². The van der Waals surface area contributed by atoms with Crippen molar-refractivity contribution in [2.75, 3.05) is 39.5 Å². The van der Waals surface area contributed by atoms with E-state index in [0.29, 0.717) is 5.92 Å². The van der Waals surface area contributed by atoms with E-state index in [4.69, 9.17) is 9.47 Å². The largest absolute Gasteiger partial charge is 0.381 e. The summed E-state index contributed by atoms with van der Waals surface area (Å²) >= 11 is 0. The molecule has 2 unspecified atom stereocenters. The van der Waals surface area contributed by atoms with Gasteiger partial charge < -0.3 is 20.1 Å². The summed E-state index contributed by atoms with van der Waals surface area (Å²) < 4.78 is 11.1. The molecule has 0 bridgehead atoms. The number of hydrogen-bond acceptors (Lipinski definition) is 3. The molecule has 1 saturated heterocycles. The number of ether oxygens (including phenoxy) is 2. The molecule has 5 nitrogen and oxygen atoms in total. The minimum atomic E-state index is 0.220. The van der Waals surface area contributed by atoms with Crippen molar-refractivity contribution in [3.63, 3.8) is 0 Å². The molecule has 0 radical (unpaired) electrons. The van der Waals surface area contributed by atoms with E-state index < -0.39 is 0 Å². The third-order valence-corrected chi connectivity index (χ3v) is 4.68. The first-order valence-corrected chi connectivity index (χ1v) is 10.0. The van der Waals surface area contributed by atoms with E-state index in [1.807, 2.05) is 0 Å². The fraction of sp³-hybridized carbons (Fsp3) is 0.667. The highest BCUT2D eigenvalue weighted by atomic mass is 16.5. The molecule has 146 valence electrons. The van der Waals surface area contributed by atoms with Crippen molar-refractivity contribution in [3.05, 3.63) is 35.4 Å². The van der Waals surface area contributed by atoms with Crippen LogP contribution in [-0.2, 0) is 15.9 Å². The standard InChI is InChI=1S/C21H35N3O2/c1-4-18-7-9-20(10-8-18)17(3)24-21(22-5-2)23-12-6-13-25-15-19-11-14-26-16-19/h7-10,17,19H,4-6,11-16H2,1-3H3,(H2,22,23,24). The Hall–Kier alpha value is -1.59. The first-order chi connectivity index (χ1) is 12.7. The predicted molar refractivity (Wildman–Crippen MR) is 108 cm³/mol. The zero-order valence-corrected chi connectivity index (χ0v) is 16.6. The fourth-order valence-electron chi connectivity index (χ4n) is 2.97. The topological polar surface area (TPSA) is 54.9 Å². The van der Waals surface area contributed by atoms with E-state index in [9.17, 15) is 0 Å². The van der Waals surface area contributed by atoms with Gasteiger partial charge in [-0.05, 0) is 44.2 Å². The van der Waals surface area contributed by atoms with Crippen molar-refractivity contribution in [1.29, 1.82) is 0 Å². The molecule has 1 aliphatic rings. The van der Waals surface area contributed by atoms with E-state index >= 15 is 0 Å². The summed E-state index contributed by atoms with van der Waals surface area (Å²) in [6, 6.07) is 9.01. The van der Waals surface area contributed by atoms with Crippen LogP contribution < -0.4 is 10.6 Å². The van der Waals surface area contributed by atoms with Crippen molar-refractivity contribution < 1.29 is 9.47 Å². The lowest BCUT2D eigenvalue weighted by atomic mass is 10.1. The maximum atomic E-state index is 5.74. The quantitative estimate of drug-likeness (QED) is 0.381. The number of aryl methyl sites for hydroxylation is 1. The van der Waals surface area contributed by atoms with Crippen molar-refractivity contribution in [2.45, 2.75) is 46.1 Å². The van der Waals surface area contributed by atoms with Gasteiger partial charge in [0.15, 0.2) is 5.96 Å². The summed E-state index contributed by atoms with van der Waals surface area (Å²) in [5, 5.41) is 6.81. The molecule has 1 aliphatic heterocycles. The first kappa shape index (κ1) is 20.7. The summed E-state index contributed by atoms with van der Waals surface area (Å²) in [5.74, 6) is 1.45. The number of aliphatic imine (C=N–C) groups is 1. The van der Waals surface area contributed by atoms with Gasteiger partial charge in [0.05, 0.1) is 19.3 Å². The van der Waals surface area contributed by atoms with Crippen molar-refractivity contribution >= 4 is 5.96 Å². The number of rotatable bonds is 10. The van der Waals surface area contributed by atoms with Gasteiger partial charge in [-0.2, -0.15) is 0 Å². The van der Waals surface area contributed by atoms with Gasteiger partial charge in [0.2, 0.25) is 0 Å². The third kappa shape index (κ3) is 7.34. The molecule has 0 aromatic heterocycles. The monoisotopic (exact) mass is 361 g/mol. The number of benzene rings is 1. The Bertz CT molecular complexity index is 525. The van der Waals surface area contributed by atoms with Gasteiger partial charge in [0.1, 0.15) is 0 Å². The fourth-order valence-corrected chi connectivity index (χ4v) is 2.97. The van der Waals surface area contributed by atoms with E-state index in [1.165, 1.54) is 11.1 Å². The summed E-state index contributed by atoms with van der Waals surface area (Å²) in [6.45, 7) is 11.4. The second kappa shape index (κ2) is 11.9. The van der Waals surface area contributed by atoms with E-state index in [0.717, 1.165) is 64.7 Å². The first-order valence-electron chi connectivity index (χ1n) is 10.0. The Labute approximate surface area is 158 Å². The van der Waals surface area contributed by atoms with Gasteiger partial charge in [0.25, 0.3) is 0 Å². The van der Waals surface area contributed by atoms with Gasteiger partial charge in [-0.3, -0.25) is 4.99 Å². The highest BCUT2D eigenvalue weighted by molar-refractivity contribution is 5.80. The lowest BCUT2D eigenvalue weighted by Crippen LogP contribution is -2.38. The molecule has 2 rings (SSSR count). The Morgan fingerprint density at radius 2 is 2.12 bits per heavy atom. The molecule has 2 atom stereocenters. The average molecular weight is 362 g/mol. The van der Waals surface area contributed by atoms with Gasteiger partial charge >= 0.3 is 0 Å². The highest BCUT2D eigenvalue weighted by Gasteiger charge is 2.15. The summed E-state index contributed by atoms with van der Waals surface area (Å²) in [5.41, 5.74) is 2.64. The zero-order valence-electron chi connectivity index (χ0n) is 16.6. The van der Waals surface area contributed by atoms with E-state index in [1.54, 1.807) is 0 Å². The number of hydrogen-bond donors (Lipinski definition) is 2. The van der Waals surface area contributed by atoms with Crippen LogP contribution in [0.5, 0.6) is 0 Å². The van der Waals surface area contributed by atoms with Gasteiger partial charge in [-0.15, -0.1) is 0 Å². The van der Waals surface area contributed by atoms with Crippen LogP contribution in [0.3, 0.4) is 0 Å². The maximum absolute atomic E-state index is 5.74. The van der Waals surface area contributed by atoms with Crippen LogP contribution in [0.4, 0.5) is 0 Å². The summed E-state index contributed by atoms with van der Waals surface area (Å²) in [6.07, 6.45) is 3.13. The van der Waals surface area contributed by atoms with Gasteiger partial charge in [-0.25, -0.2) is 0 Å². The van der Waals surface area contributed by atoms with Crippen LogP contribution in [0.1, 0.15) is 50.8 Å². The van der Waals surface area contributed by atoms with Crippen LogP contribution >= 0.6 is 0 Å². The lowest BCUT2D eigenvalue weighted by molar-refractivity contribution is 0.0893. The number of nitrogens with one attached hydrogen (secondary N) is 2. The minimum absolute atomic E-state index is 0.220.